The zero-order valence-electron chi connectivity index (χ0n) is 10.2. The molecule has 3 nitrogen and oxygen atoms in total. The van der Waals surface area contributed by atoms with Crippen LogP contribution in [0.4, 0.5) is 0 Å². The van der Waals surface area contributed by atoms with E-state index in [-0.39, 0.29) is 5.59 Å². The molecule has 1 aromatic heterocycles. The topological polar surface area (TPSA) is 53.4 Å². The SMILES string of the molecule is OB(O)c1cccc(-c2cccc3ccccc23)n1. The van der Waals surface area contributed by atoms with E-state index in [4.69, 9.17) is 0 Å². The molecule has 0 spiro atoms. The summed E-state index contributed by atoms with van der Waals surface area (Å²) in [6, 6.07) is 19.3. The van der Waals surface area contributed by atoms with E-state index in [1.165, 1.54) is 0 Å². The Balaban J connectivity index is 2.22. The molecule has 0 saturated carbocycles. The van der Waals surface area contributed by atoms with Crippen LogP contribution in [0.2, 0.25) is 0 Å². The van der Waals surface area contributed by atoms with E-state index >= 15 is 0 Å². The Morgan fingerprint density at radius 3 is 2.37 bits per heavy atom. The van der Waals surface area contributed by atoms with E-state index in [0.29, 0.717) is 0 Å². The number of hydrogen-bond acceptors (Lipinski definition) is 3. The summed E-state index contributed by atoms with van der Waals surface area (Å²) in [5, 5.41) is 20.6. The van der Waals surface area contributed by atoms with Gasteiger partial charge >= 0.3 is 7.12 Å². The van der Waals surface area contributed by atoms with Crippen LogP contribution in [0.15, 0.2) is 60.7 Å². The summed E-state index contributed by atoms with van der Waals surface area (Å²) in [5.74, 6) is 0. The van der Waals surface area contributed by atoms with Gasteiger partial charge < -0.3 is 10.0 Å². The second-order valence-corrected chi connectivity index (χ2v) is 4.35. The number of hydrogen-bond donors (Lipinski definition) is 2. The van der Waals surface area contributed by atoms with Crippen molar-refractivity contribution in [3.05, 3.63) is 60.7 Å². The number of benzene rings is 2. The van der Waals surface area contributed by atoms with Gasteiger partial charge in [0.1, 0.15) is 0 Å². The van der Waals surface area contributed by atoms with Crippen molar-refractivity contribution in [2.45, 2.75) is 0 Å². The van der Waals surface area contributed by atoms with Gasteiger partial charge in [-0.2, -0.15) is 0 Å². The standard InChI is InChI=1S/C15H12BNO2/c18-16(19)15-10-4-9-14(17-15)13-8-3-6-11-5-1-2-7-12(11)13/h1-10,18-19H. The highest BCUT2D eigenvalue weighted by molar-refractivity contribution is 6.57. The molecule has 0 aliphatic heterocycles. The van der Waals surface area contributed by atoms with E-state index in [9.17, 15) is 10.0 Å². The second-order valence-electron chi connectivity index (χ2n) is 4.35. The van der Waals surface area contributed by atoms with Crippen LogP contribution < -0.4 is 5.59 Å². The molecule has 0 unspecified atom stereocenters. The molecule has 92 valence electrons. The normalized spacial score (nSPS) is 10.6. The molecule has 0 amide bonds. The summed E-state index contributed by atoms with van der Waals surface area (Å²) in [6.07, 6.45) is 0. The number of pyridine rings is 1. The average Bonchev–Trinajstić information content (AvgIpc) is 2.47. The zero-order chi connectivity index (χ0) is 13.2. The van der Waals surface area contributed by atoms with Crippen LogP contribution in [0.1, 0.15) is 0 Å². The van der Waals surface area contributed by atoms with Gasteiger partial charge in [-0.3, -0.25) is 4.98 Å². The molecule has 3 aromatic rings. The Morgan fingerprint density at radius 2 is 1.53 bits per heavy atom. The highest BCUT2D eigenvalue weighted by atomic mass is 16.4. The maximum Gasteiger partial charge on any atom is 0.508 e. The highest BCUT2D eigenvalue weighted by Gasteiger charge is 2.14. The van der Waals surface area contributed by atoms with Crippen molar-refractivity contribution in [3.8, 4) is 11.3 Å². The van der Waals surface area contributed by atoms with Gasteiger partial charge in [0, 0.05) is 5.56 Å². The maximum absolute atomic E-state index is 9.20. The largest absolute Gasteiger partial charge is 0.508 e. The fraction of sp³-hybridized carbons (Fsp3) is 0. The van der Waals surface area contributed by atoms with Gasteiger partial charge in [-0.15, -0.1) is 0 Å². The number of aromatic nitrogens is 1. The molecule has 4 heteroatoms. The lowest BCUT2D eigenvalue weighted by Crippen LogP contribution is -2.32. The molecule has 1 heterocycles. The summed E-state index contributed by atoms with van der Waals surface area (Å²) in [4.78, 5) is 4.29. The Labute approximate surface area is 111 Å². The van der Waals surface area contributed by atoms with Crippen LogP contribution in [0, 0.1) is 0 Å². The van der Waals surface area contributed by atoms with Crippen LogP contribution in [-0.2, 0) is 0 Å². The minimum absolute atomic E-state index is 0.255. The van der Waals surface area contributed by atoms with Crippen molar-refractivity contribution in [2.24, 2.45) is 0 Å². The van der Waals surface area contributed by atoms with Crippen molar-refractivity contribution >= 4 is 23.5 Å². The van der Waals surface area contributed by atoms with Crippen molar-refractivity contribution in [2.75, 3.05) is 0 Å². The third-order valence-electron chi connectivity index (χ3n) is 3.10. The highest BCUT2D eigenvalue weighted by Crippen LogP contribution is 2.26. The quantitative estimate of drug-likeness (QED) is 0.678. The molecule has 0 saturated heterocycles. The van der Waals surface area contributed by atoms with E-state index in [1.54, 1.807) is 12.1 Å². The lowest BCUT2D eigenvalue weighted by molar-refractivity contribution is 0.424. The molecule has 0 bridgehead atoms. The molecule has 0 aliphatic carbocycles. The van der Waals surface area contributed by atoms with Gasteiger partial charge in [-0.1, -0.05) is 48.5 Å². The molecule has 2 aromatic carbocycles. The minimum atomic E-state index is -1.55. The molecule has 0 radical (unpaired) electrons. The fourth-order valence-corrected chi connectivity index (χ4v) is 2.19. The first-order chi connectivity index (χ1) is 9.25. The summed E-state index contributed by atoms with van der Waals surface area (Å²) in [7, 11) is -1.55. The molecular formula is C15H12BNO2. The molecule has 0 fully saturated rings. The fourth-order valence-electron chi connectivity index (χ4n) is 2.19. The van der Waals surface area contributed by atoms with Crippen molar-refractivity contribution in [1.82, 2.24) is 4.98 Å². The van der Waals surface area contributed by atoms with Crippen molar-refractivity contribution in [1.29, 1.82) is 0 Å². The average molecular weight is 249 g/mol. The van der Waals surface area contributed by atoms with Crippen LogP contribution in [0.5, 0.6) is 0 Å². The zero-order valence-corrected chi connectivity index (χ0v) is 10.2. The third-order valence-corrected chi connectivity index (χ3v) is 3.10. The van der Waals surface area contributed by atoms with Gasteiger partial charge in [-0.25, -0.2) is 0 Å². The van der Waals surface area contributed by atoms with Gasteiger partial charge in [0.25, 0.3) is 0 Å². The monoisotopic (exact) mass is 249 g/mol. The Morgan fingerprint density at radius 1 is 0.789 bits per heavy atom. The maximum atomic E-state index is 9.20. The van der Waals surface area contributed by atoms with Crippen molar-refractivity contribution < 1.29 is 10.0 Å². The lowest BCUT2D eigenvalue weighted by Gasteiger charge is -2.07. The first-order valence-electron chi connectivity index (χ1n) is 6.07. The summed E-state index contributed by atoms with van der Waals surface area (Å²) < 4.78 is 0. The predicted molar refractivity (Wildman–Crippen MR) is 77.0 cm³/mol. The molecular weight excluding hydrogens is 237 g/mol. The first kappa shape index (κ1) is 11.9. The van der Waals surface area contributed by atoms with Gasteiger partial charge in [0.15, 0.2) is 0 Å². The van der Waals surface area contributed by atoms with Crippen LogP contribution in [0.25, 0.3) is 22.0 Å². The van der Waals surface area contributed by atoms with Gasteiger partial charge in [0.05, 0.1) is 11.3 Å². The van der Waals surface area contributed by atoms with Gasteiger partial charge in [-0.05, 0) is 22.9 Å². The smallest absolute Gasteiger partial charge is 0.422 e. The number of nitrogens with zero attached hydrogens (tertiary/aromatic N) is 1. The summed E-state index contributed by atoms with van der Waals surface area (Å²) in [6.45, 7) is 0. The van der Waals surface area contributed by atoms with Crippen LogP contribution in [0.3, 0.4) is 0 Å². The van der Waals surface area contributed by atoms with Crippen LogP contribution in [-0.4, -0.2) is 22.2 Å². The molecule has 2 N–H and O–H groups in total. The number of rotatable bonds is 2. The van der Waals surface area contributed by atoms with E-state index in [2.05, 4.69) is 4.98 Å². The Hall–Kier alpha value is -2.17. The van der Waals surface area contributed by atoms with Crippen molar-refractivity contribution in [3.63, 3.8) is 0 Å². The Bertz CT molecular complexity index is 723. The molecule has 3 rings (SSSR count). The van der Waals surface area contributed by atoms with E-state index in [1.807, 2.05) is 48.5 Å². The van der Waals surface area contributed by atoms with Crippen LogP contribution >= 0.6 is 0 Å². The summed E-state index contributed by atoms with van der Waals surface area (Å²) in [5.41, 5.74) is 1.98. The number of fused-ring (bicyclic) bond motifs is 1. The van der Waals surface area contributed by atoms with E-state index in [0.717, 1.165) is 22.0 Å². The lowest BCUT2D eigenvalue weighted by atomic mass is 9.85. The molecule has 19 heavy (non-hydrogen) atoms. The Kier molecular flexibility index (Phi) is 3.03. The molecule has 0 aliphatic rings. The minimum Gasteiger partial charge on any atom is -0.422 e. The summed E-state index contributed by atoms with van der Waals surface area (Å²) >= 11 is 0. The second kappa shape index (κ2) is 4.84. The third kappa shape index (κ3) is 2.23. The van der Waals surface area contributed by atoms with Gasteiger partial charge in [0.2, 0.25) is 0 Å². The molecule has 0 atom stereocenters. The van der Waals surface area contributed by atoms with E-state index < -0.39 is 7.12 Å². The predicted octanol–water partition coefficient (Wildman–Crippen LogP) is 1.58. The first-order valence-corrected chi connectivity index (χ1v) is 6.07.